The van der Waals surface area contributed by atoms with E-state index < -0.39 is 0 Å². The molecule has 1 atom stereocenters. The maximum atomic E-state index is 5.99. The van der Waals surface area contributed by atoms with Crippen LogP contribution in [0.25, 0.3) is 0 Å². The number of likely N-dealkylation sites (N-methyl/N-ethyl adjacent to an activating group) is 1. The van der Waals surface area contributed by atoms with Crippen LogP contribution in [0.3, 0.4) is 0 Å². The third-order valence-electron chi connectivity index (χ3n) is 3.21. The summed E-state index contributed by atoms with van der Waals surface area (Å²) in [6.07, 6.45) is 2.58. The number of benzene rings is 1. The van der Waals surface area contributed by atoms with Crippen LogP contribution in [0, 0.1) is 0 Å². The Labute approximate surface area is 103 Å². The standard InChI is InChI=1S/C13H19ClN2/c1-15-13-6-3-7-16(10-13)9-11-4-2-5-12(14)8-11/h2,4-5,8,13,15H,3,6-7,9-10H2,1H3/t13-/m1/s1. The Kier molecular flexibility index (Phi) is 4.22. The molecule has 1 saturated heterocycles. The van der Waals surface area contributed by atoms with Crippen LogP contribution in [0.5, 0.6) is 0 Å². The van der Waals surface area contributed by atoms with Crippen molar-refractivity contribution in [2.24, 2.45) is 0 Å². The fourth-order valence-corrected chi connectivity index (χ4v) is 2.54. The van der Waals surface area contributed by atoms with Gasteiger partial charge in [0.05, 0.1) is 0 Å². The van der Waals surface area contributed by atoms with Gasteiger partial charge in [0.25, 0.3) is 0 Å². The van der Waals surface area contributed by atoms with Crippen molar-refractivity contribution in [3.63, 3.8) is 0 Å². The summed E-state index contributed by atoms with van der Waals surface area (Å²) in [5.41, 5.74) is 1.31. The molecule has 2 rings (SSSR count). The Morgan fingerprint density at radius 3 is 3.12 bits per heavy atom. The third-order valence-corrected chi connectivity index (χ3v) is 3.44. The molecule has 0 radical (unpaired) electrons. The smallest absolute Gasteiger partial charge is 0.0409 e. The topological polar surface area (TPSA) is 15.3 Å². The predicted octanol–water partition coefficient (Wildman–Crippen LogP) is 2.52. The Morgan fingerprint density at radius 2 is 2.38 bits per heavy atom. The number of hydrogen-bond donors (Lipinski definition) is 1. The van der Waals surface area contributed by atoms with Gasteiger partial charge in [-0.15, -0.1) is 0 Å². The number of hydrogen-bond acceptors (Lipinski definition) is 2. The maximum absolute atomic E-state index is 5.99. The van der Waals surface area contributed by atoms with Crippen molar-refractivity contribution in [2.45, 2.75) is 25.4 Å². The first-order chi connectivity index (χ1) is 7.78. The molecule has 0 amide bonds. The van der Waals surface area contributed by atoms with Crippen LogP contribution < -0.4 is 5.32 Å². The minimum atomic E-state index is 0.646. The minimum absolute atomic E-state index is 0.646. The van der Waals surface area contributed by atoms with Gasteiger partial charge in [-0.05, 0) is 44.1 Å². The second kappa shape index (κ2) is 5.67. The van der Waals surface area contributed by atoms with E-state index in [0.29, 0.717) is 6.04 Å². The summed E-state index contributed by atoms with van der Waals surface area (Å²) in [4.78, 5) is 2.50. The Bertz CT molecular complexity index is 340. The fraction of sp³-hybridized carbons (Fsp3) is 0.538. The first-order valence-electron chi connectivity index (χ1n) is 5.92. The zero-order chi connectivity index (χ0) is 11.4. The molecule has 0 aromatic heterocycles. The molecular formula is C13H19ClN2. The van der Waals surface area contributed by atoms with Gasteiger partial charge in [0.1, 0.15) is 0 Å². The molecule has 1 aliphatic rings. The quantitative estimate of drug-likeness (QED) is 0.871. The molecule has 3 heteroatoms. The molecule has 1 fully saturated rings. The SMILES string of the molecule is CN[C@@H]1CCCN(Cc2cccc(Cl)c2)C1. The normalized spacial score (nSPS) is 22.2. The average molecular weight is 239 g/mol. The highest BCUT2D eigenvalue weighted by molar-refractivity contribution is 6.30. The first kappa shape index (κ1) is 11.9. The molecular weight excluding hydrogens is 220 g/mol. The van der Waals surface area contributed by atoms with Gasteiger partial charge in [0.2, 0.25) is 0 Å². The number of halogens is 1. The molecule has 2 nitrogen and oxygen atoms in total. The molecule has 1 aromatic rings. The monoisotopic (exact) mass is 238 g/mol. The lowest BCUT2D eigenvalue weighted by atomic mass is 10.1. The van der Waals surface area contributed by atoms with Gasteiger partial charge in [0, 0.05) is 24.2 Å². The van der Waals surface area contributed by atoms with Crippen LogP contribution in [0.15, 0.2) is 24.3 Å². The lowest BCUT2D eigenvalue weighted by Gasteiger charge is -2.32. The summed E-state index contributed by atoms with van der Waals surface area (Å²) in [6, 6.07) is 8.81. The zero-order valence-electron chi connectivity index (χ0n) is 9.75. The van der Waals surface area contributed by atoms with Crippen molar-refractivity contribution in [3.05, 3.63) is 34.9 Å². The van der Waals surface area contributed by atoms with E-state index in [0.717, 1.165) is 18.1 Å². The highest BCUT2D eigenvalue weighted by Crippen LogP contribution is 2.16. The molecule has 0 spiro atoms. The third kappa shape index (κ3) is 3.21. The van der Waals surface area contributed by atoms with Gasteiger partial charge >= 0.3 is 0 Å². The van der Waals surface area contributed by atoms with Crippen molar-refractivity contribution in [1.82, 2.24) is 10.2 Å². The lowest BCUT2D eigenvalue weighted by Crippen LogP contribution is -2.43. The van der Waals surface area contributed by atoms with Gasteiger partial charge in [-0.3, -0.25) is 4.90 Å². The lowest BCUT2D eigenvalue weighted by molar-refractivity contribution is 0.188. The molecule has 0 saturated carbocycles. The highest BCUT2D eigenvalue weighted by Gasteiger charge is 2.18. The summed E-state index contributed by atoms with van der Waals surface area (Å²) in [5, 5.41) is 4.20. The van der Waals surface area contributed by atoms with Gasteiger partial charge in [-0.1, -0.05) is 23.7 Å². The van der Waals surface area contributed by atoms with E-state index in [1.165, 1.54) is 24.9 Å². The van der Waals surface area contributed by atoms with Gasteiger partial charge in [-0.25, -0.2) is 0 Å². The summed E-state index contributed by atoms with van der Waals surface area (Å²) in [5.74, 6) is 0. The van der Waals surface area contributed by atoms with E-state index in [1.54, 1.807) is 0 Å². The molecule has 0 aliphatic carbocycles. The van der Waals surface area contributed by atoms with Crippen molar-refractivity contribution < 1.29 is 0 Å². The van der Waals surface area contributed by atoms with Gasteiger partial charge in [0.15, 0.2) is 0 Å². The predicted molar refractivity (Wildman–Crippen MR) is 68.8 cm³/mol. The number of likely N-dealkylation sites (tertiary alicyclic amines) is 1. The van der Waals surface area contributed by atoms with Crippen LogP contribution in [-0.2, 0) is 6.54 Å². The maximum Gasteiger partial charge on any atom is 0.0409 e. The van der Waals surface area contributed by atoms with E-state index in [2.05, 4.69) is 22.3 Å². The molecule has 0 unspecified atom stereocenters. The van der Waals surface area contributed by atoms with E-state index >= 15 is 0 Å². The van der Waals surface area contributed by atoms with E-state index in [9.17, 15) is 0 Å². The van der Waals surface area contributed by atoms with Crippen LogP contribution in [-0.4, -0.2) is 31.1 Å². The van der Waals surface area contributed by atoms with E-state index in [1.807, 2.05) is 19.2 Å². The second-order valence-electron chi connectivity index (χ2n) is 4.49. The van der Waals surface area contributed by atoms with E-state index in [4.69, 9.17) is 11.6 Å². The molecule has 1 N–H and O–H groups in total. The Balaban J connectivity index is 1.94. The zero-order valence-corrected chi connectivity index (χ0v) is 10.5. The number of piperidine rings is 1. The Morgan fingerprint density at radius 1 is 1.50 bits per heavy atom. The second-order valence-corrected chi connectivity index (χ2v) is 4.93. The van der Waals surface area contributed by atoms with Crippen LogP contribution in [0.1, 0.15) is 18.4 Å². The number of nitrogens with one attached hydrogen (secondary N) is 1. The highest BCUT2D eigenvalue weighted by atomic mass is 35.5. The summed E-state index contributed by atoms with van der Waals surface area (Å²) in [7, 11) is 2.05. The molecule has 16 heavy (non-hydrogen) atoms. The van der Waals surface area contributed by atoms with Crippen LogP contribution in [0.2, 0.25) is 5.02 Å². The number of nitrogens with zero attached hydrogens (tertiary/aromatic N) is 1. The summed E-state index contributed by atoms with van der Waals surface area (Å²) in [6.45, 7) is 3.35. The largest absolute Gasteiger partial charge is 0.316 e. The molecule has 1 aromatic carbocycles. The van der Waals surface area contributed by atoms with Crippen LogP contribution in [0.4, 0.5) is 0 Å². The van der Waals surface area contributed by atoms with E-state index in [-0.39, 0.29) is 0 Å². The molecule has 1 aliphatic heterocycles. The van der Waals surface area contributed by atoms with Crippen molar-refractivity contribution in [1.29, 1.82) is 0 Å². The van der Waals surface area contributed by atoms with Gasteiger partial charge < -0.3 is 5.32 Å². The Hall–Kier alpha value is -0.570. The van der Waals surface area contributed by atoms with Crippen molar-refractivity contribution in [2.75, 3.05) is 20.1 Å². The molecule has 0 bridgehead atoms. The molecule has 1 heterocycles. The molecule has 88 valence electrons. The average Bonchev–Trinajstić information content (AvgIpc) is 2.29. The van der Waals surface area contributed by atoms with Crippen LogP contribution >= 0.6 is 11.6 Å². The fourth-order valence-electron chi connectivity index (χ4n) is 2.33. The van der Waals surface area contributed by atoms with Crippen molar-refractivity contribution in [3.8, 4) is 0 Å². The van der Waals surface area contributed by atoms with Crippen molar-refractivity contribution >= 4 is 11.6 Å². The van der Waals surface area contributed by atoms with Gasteiger partial charge in [-0.2, -0.15) is 0 Å². The minimum Gasteiger partial charge on any atom is -0.316 e. The first-order valence-corrected chi connectivity index (χ1v) is 6.30. The summed E-state index contributed by atoms with van der Waals surface area (Å²) < 4.78 is 0. The number of rotatable bonds is 3. The summed E-state index contributed by atoms with van der Waals surface area (Å²) >= 11 is 5.99.